The predicted molar refractivity (Wildman–Crippen MR) is 107 cm³/mol. The van der Waals surface area contributed by atoms with Crippen molar-refractivity contribution in [3.8, 4) is 0 Å². The topological polar surface area (TPSA) is 64.8 Å². The Morgan fingerprint density at radius 3 is 2.52 bits per heavy atom. The number of H-pyrrole nitrogens is 2. The number of halogens is 4. The van der Waals surface area contributed by atoms with Crippen molar-refractivity contribution in [2.24, 2.45) is 0 Å². The smallest absolute Gasteiger partial charge is 0.357 e. The van der Waals surface area contributed by atoms with Gasteiger partial charge in [0, 0.05) is 35.6 Å². The Morgan fingerprint density at radius 1 is 1.03 bits per heavy atom. The monoisotopic (exact) mass is 430 g/mol. The van der Waals surface area contributed by atoms with Crippen molar-refractivity contribution in [1.29, 1.82) is 0 Å². The molecule has 2 N–H and O–H groups in total. The van der Waals surface area contributed by atoms with E-state index in [-0.39, 0.29) is 23.2 Å². The van der Waals surface area contributed by atoms with E-state index in [1.807, 2.05) is 0 Å². The molecule has 1 aromatic carbocycles. The second kappa shape index (κ2) is 7.11. The largest absolute Gasteiger partial charge is 0.433 e. The first-order valence-electron chi connectivity index (χ1n) is 9.93. The van der Waals surface area contributed by atoms with Crippen LogP contribution in [-0.2, 0) is 6.18 Å². The van der Waals surface area contributed by atoms with Crippen LogP contribution in [0.2, 0.25) is 0 Å². The molecule has 0 radical (unpaired) electrons. The molecule has 5 rings (SSSR count). The molecule has 0 unspecified atom stereocenters. The van der Waals surface area contributed by atoms with E-state index >= 15 is 0 Å². The Hall–Kier alpha value is -3.36. The third-order valence-corrected chi connectivity index (χ3v) is 5.85. The fourth-order valence-corrected chi connectivity index (χ4v) is 4.20. The first-order chi connectivity index (χ1) is 14.8. The molecule has 1 aliphatic heterocycles. The molecule has 4 aromatic rings. The van der Waals surface area contributed by atoms with Crippen molar-refractivity contribution in [2.45, 2.75) is 24.9 Å². The number of hydrogen-bond acceptors (Lipinski definition) is 2. The summed E-state index contributed by atoms with van der Waals surface area (Å²) in [6.07, 6.45) is -3.15. The minimum Gasteiger partial charge on any atom is -0.357 e. The van der Waals surface area contributed by atoms with E-state index < -0.39 is 11.9 Å². The van der Waals surface area contributed by atoms with Gasteiger partial charge in [-0.2, -0.15) is 13.2 Å². The van der Waals surface area contributed by atoms with Crippen LogP contribution in [0.1, 0.15) is 40.6 Å². The lowest BCUT2D eigenvalue weighted by Gasteiger charge is -2.31. The van der Waals surface area contributed by atoms with Crippen LogP contribution >= 0.6 is 0 Å². The standard InChI is InChI=1S/C22H18F4N4O/c23-14-2-1-3-15-13(14)10-19(27-15)21(31)30-8-6-12(7-9-30)17-11-18-16(28-17)4-5-20(29-18)22(24,25)26/h1-5,10-12,27-28H,6-9H2. The highest BCUT2D eigenvalue weighted by Gasteiger charge is 2.33. The van der Waals surface area contributed by atoms with Crippen molar-refractivity contribution < 1.29 is 22.4 Å². The van der Waals surface area contributed by atoms with Crippen molar-refractivity contribution >= 4 is 27.8 Å². The maximum absolute atomic E-state index is 13.9. The molecule has 0 atom stereocenters. The maximum atomic E-state index is 13.9. The van der Waals surface area contributed by atoms with Crippen LogP contribution in [-0.4, -0.2) is 38.8 Å². The first kappa shape index (κ1) is 19.6. The SMILES string of the molecule is O=C(c1cc2c(F)cccc2[nH]1)N1CCC(c2cc3nc(C(F)(F)F)ccc3[nH]2)CC1. The summed E-state index contributed by atoms with van der Waals surface area (Å²) >= 11 is 0. The molecule has 4 heterocycles. The number of carbonyl (C=O) groups is 1. The van der Waals surface area contributed by atoms with Gasteiger partial charge in [-0.25, -0.2) is 9.37 Å². The van der Waals surface area contributed by atoms with Crippen molar-refractivity contribution in [3.05, 3.63) is 65.4 Å². The number of nitrogens with zero attached hydrogens (tertiary/aromatic N) is 2. The number of amides is 1. The summed E-state index contributed by atoms with van der Waals surface area (Å²) in [5.74, 6) is -0.484. The molecule has 0 aliphatic carbocycles. The number of benzene rings is 1. The van der Waals surface area contributed by atoms with E-state index in [4.69, 9.17) is 0 Å². The zero-order valence-corrected chi connectivity index (χ0v) is 16.3. The number of piperidine rings is 1. The number of alkyl halides is 3. The Labute approximate surface area is 174 Å². The molecule has 5 nitrogen and oxygen atoms in total. The van der Waals surface area contributed by atoms with Gasteiger partial charge < -0.3 is 14.9 Å². The third-order valence-electron chi connectivity index (χ3n) is 5.85. The quantitative estimate of drug-likeness (QED) is 0.428. The van der Waals surface area contributed by atoms with Crippen LogP contribution in [0.4, 0.5) is 17.6 Å². The molecule has 160 valence electrons. The molecule has 1 aliphatic rings. The first-order valence-corrected chi connectivity index (χ1v) is 9.93. The van der Waals surface area contributed by atoms with Crippen LogP contribution in [0.5, 0.6) is 0 Å². The average molecular weight is 430 g/mol. The van der Waals surface area contributed by atoms with E-state index in [9.17, 15) is 22.4 Å². The maximum Gasteiger partial charge on any atom is 0.433 e. The third kappa shape index (κ3) is 3.54. The summed E-state index contributed by atoms with van der Waals surface area (Å²) in [4.78, 5) is 24.4. The van der Waals surface area contributed by atoms with Gasteiger partial charge in [0.15, 0.2) is 0 Å². The highest BCUT2D eigenvalue weighted by atomic mass is 19.4. The van der Waals surface area contributed by atoms with Gasteiger partial charge in [0.25, 0.3) is 5.91 Å². The Bertz CT molecular complexity index is 1280. The van der Waals surface area contributed by atoms with Crippen molar-refractivity contribution in [1.82, 2.24) is 19.9 Å². The highest BCUT2D eigenvalue weighted by molar-refractivity contribution is 5.98. The second-order valence-corrected chi connectivity index (χ2v) is 7.80. The van der Waals surface area contributed by atoms with Gasteiger partial charge in [-0.1, -0.05) is 6.07 Å². The number of fused-ring (bicyclic) bond motifs is 2. The van der Waals surface area contributed by atoms with Crippen LogP contribution < -0.4 is 0 Å². The minimum absolute atomic E-state index is 0.0905. The van der Waals surface area contributed by atoms with Gasteiger partial charge in [0.2, 0.25) is 0 Å². The number of hydrogen-bond donors (Lipinski definition) is 2. The molecule has 1 saturated heterocycles. The minimum atomic E-state index is -4.48. The van der Waals surface area contributed by atoms with Gasteiger partial charge in [-0.3, -0.25) is 4.79 Å². The number of aromatic amines is 2. The van der Waals surface area contributed by atoms with Crippen LogP contribution in [0.3, 0.4) is 0 Å². The Morgan fingerprint density at radius 2 is 1.81 bits per heavy atom. The zero-order valence-electron chi connectivity index (χ0n) is 16.3. The van der Waals surface area contributed by atoms with Crippen LogP contribution in [0, 0.1) is 5.82 Å². The lowest BCUT2D eigenvalue weighted by Crippen LogP contribution is -2.38. The number of nitrogens with one attached hydrogen (secondary N) is 2. The molecule has 1 amide bonds. The summed E-state index contributed by atoms with van der Waals surface area (Å²) in [6, 6.07) is 10.2. The number of pyridine rings is 1. The van der Waals surface area contributed by atoms with Crippen LogP contribution in [0.25, 0.3) is 21.9 Å². The van der Waals surface area contributed by atoms with E-state index in [0.29, 0.717) is 48.0 Å². The lowest BCUT2D eigenvalue weighted by molar-refractivity contribution is -0.140. The van der Waals surface area contributed by atoms with Gasteiger partial charge in [-0.05, 0) is 49.2 Å². The molecule has 9 heteroatoms. The number of likely N-dealkylation sites (tertiary alicyclic amines) is 1. The number of carbonyl (C=O) groups excluding carboxylic acids is 1. The fraction of sp³-hybridized carbons (Fsp3) is 0.273. The van der Waals surface area contributed by atoms with Gasteiger partial charge >= 0.3 is 6.18 Å². The molecule has 0 spiro atoms. The summed E-state index contributed by atoms with van der Waals surface area (Å²) in [5.41, 5.74) is 1.66. The Kier molecular flexibility index (Phi) is 4.49. The molecule has 1 fully saturated rings. The highest BCUT2D eigenvalue weighted by Crippen LogP contribution is 2.33. The molecule has 31 heavy (non-hydrogen) atoms. The predicted octanol–water partition coefficient (Wildman–Crippen LogP) is 5.22. The molecular formula is C22H18F4N4O. The van der Waals surface area contributed by atoms with Gasteiger partial charge in [0.1, 0.15) is 17.2 Å². The zero-order chi connectivity index (χ0) is 21.8. The fourth-order valence-electron chi connectivity index (χ4n) is 4.20. The van der Waals surface area contributed by atoms with Gasteiger partial charge in [0.05, 0.1) is 11.0 Å². The summed E-state index contributed by atoms with van der Waals surface area (Å²) in [6.45, 7) is 0.996. The number of aromatic nitrogens is 3. The summed E-state index contributed by atoms with van der Waals surface area (Å²) in [7, 11) is 0. The summed E-state index contributed by atoms with van der Waals surface area (Å²) < 4.78 is 52.6. The average Bonchev–Trinajstić information content (AvgIpc) is 3.37. The second-order valence-electron chi connectivity index (χ2n) is 7.80. The Balaban J connectivity index is 1.30. The molecule has 0 saturated carbocycles. The number of rotatable bonds is 2. The molecule has 0 bridgehead atoms. The van der Waals surface area contributed by atoms with Crippen molar-refractivity contribution in [3.63, 3.8) is 0 Å². The van der Waals surface area contributed by atoms with Crippen LogP contribution in [0.15, 0.2) is 42.5 Å². The lowest BCUT2D eigenvalue weighted by atomic mass is 9.93. The van der Waals surface area contributed by atoms with Crippen molar-refractivity contribution in [2.75, 3.05) is 13.1 Å². The summed E-state index contributed by atoms with van der Waals surface area (Å²) in [5, 5.41) is 0.379. The molecular weight excluding hydrogens is 412 g/mol. The normalized spacial score (nSPS) is 15.8. The van der Waals surface area contributed by atoms with E-state index in [1.54, 1.807) is 23.1 Å². The van der Waals surface area contributed by atoms with Gasteiger partial charge in [-0.15, -0.1) is 0 Å². The molecule has 3 aromatic heterocycles. The van der Waals surface area contributed by atoms with E-state index in [0.717, 1.165) is 11.8 Å². The van der Waals surface area contributed by atoms with E-state index in [1.165, 1.54) is 18.2 Å². The van der Waals surface area contributed by atoms with E-state index in [2.05, 4.69) is 15.0 Å².